The van der Waals surface area contributed by atoms with Gasteiger partial charge in [0.1, 0.15) is 5.82 Å². The zero-order valence-electron chi connectivity index (χ0n) is 13.2. The zero-order valence-corrected chi connectivity index (χ0v) is 13.2. The van der Waals surface area contributed by atoms with Crippen molar-refractivity contribution in [2.75, 3.05) is 18.0 Å². The van der Waals surface area contributed by atoms with Gasteiger partial charge < -0.3 is 10.2 Å². The van der Waals surface area contributed by atoms with Crippen LogP contribution in [0.1, 0.15) is 45.1 Å². The van der Waals surface area contributed by atoms with Gasteiger partial charge in [0.15, 0.2) is 0 Å². The summed E-state index contributed by atoms with van der Waals surface area (Å²) >= 11 is 0. The first-order valence-corrected chi connectivity index (χ1v) is 8.38. The maximum Gasteiger partial charge on any atom is 0.146 e. The number of hydrogen-bond donors (Lipinski definition) is 1. The van der Waals surface area contributed by atoms with Crippen molar-refractivity contribution in [1.29, 1.82) is 0 Å². The van der Waals surface area contributed by atoms with Gasteiger partial charge in [0.2, 0.25) is 0 Å². The lowest BCUT2D eigenvalue weighted by Crippen LogP contribution is -2.29. The summed E-state index contributed by atoms with van der Waals surface area (Å²) in [6, 6.07) is 6.18. The fraction of sp³-hybridized carbons (Fsp3) is 0.667. The highest BCUT2D eigenvalue weighted by Crippen LogP contribution is 2.36. The van der Waals surface area contributed by atoms with E-state index in [4.69, 9.17) is 0 Å². The molecule has 1 N–H and O–H groups in total. The average molecular weight is 290 g/mol. The molecule has 2 fully saturated rings. The van der Waals surface area contributed by atoms with Crippen LogP contribution in [0.25, 0.3) is 0 Å². The van der Waals surface area contributed by atoms with E-state index >= 15 is 0 Å². The van der Waals surface area contributed by atoms with Gasteiger partial charge in [0.05, 0.1) is 5.69 Å². The molecule has 0 saturated heterocycles. The molecule has 0 aromatic heterocycles. The SMILES string of the molecule is CC(C)NCc1ccc(N(CC2CC2)CC2CC2)c(F)c1. The van der Waals surface area contributed by atoms with Crippen molar-refractivity contribution >= 4 is 5.69 Å². The molecule has 2 saturated carbocycles. The highest BCUT2D eigenvalue weighted by atomic mass is 19.1. The molecular weight excluding hydrogens is 263 g/mol. The van der Waals surface area contributed by atoms with Gasteiger partial charge >= 0.3 is 0 Å². The molecule has 0 amide bonds. The molecule has 3 heteroatoms. The molecule has 116 valence electrons. The van der Waals surface area contributed by atoms with E-state index in [1.165, 1.54) is 25.7 Å². The third kappa shape index (κ3) is 4.44. The third-order valence-corrected chi connectivity index (χ3v) is 4.42. The van der Waals surface area contributed by atoms with Crippen molar-refractivity contribution in [3.8, 4) is 0 Å². The molecule has 1 aromatic rings. The second-order valence-electron chi connectivity index (χ2n) is 7.11. The molecule has 0 atom stereocenters. The van der Waals surface area contributed by atoms with Crippen LogP contribution in [-0.4, -0.2) is 19.1 Å². The quantitative estimate of drug-likeness (QED) is 0.780. The van der Waals surface area contributed by atoms with Crippen molar-refractivity contribution in [1.82, 2.24) is 5.32 Å². The number of nitrogens with one attached hydrogen (secondary N) is 1. The Labute approximate surface area is 127 Å². The van der Waals surface area contributed by atoms with E-state index in [1.807, 2.05) is 6.07 Å². The lowest BCUT2D eigenvalue weighted by atomic mass is 10.1. The minimum Gasteiger partial charge on any atom is -0.369 e. The first kappa shape index (κ1) is 14.8. The molecular formula is C18H27FN2. The second-order valence-corrected chi connectivity index (χ2v) is 7.11. The summed E-state index contributed by atoms with van der Waals surface area (Å²) in [6.07, 6.45) is 5.27. The van der Waals surface area contributed by atoms with E-state index in [1.54, 1.807) is 6.07 Å². The van der Waals surface area contributed by atoms with Crippen LogP contribution < -0.4 is 10.2 Å². The van der Waals surface area contributed by atoms with E-state index < -0.39 is 0 Å². The van der Waals surface area contributed by atoms with Crippen LogP contribution in [0, 0.1) is 17.7 Å². The molecule has 2 nitrogen and oxygen atoms in total. The smallest absolute Gasteiger partial charge is 0.146 e. The van der Waals surface area contributed by atoms with Gasteiger partial charge in [0.25, 0.3) is 0 Å². The van der Waals surface area contributed by atoms with Crippen molar-refractivity contribution in [2.24, 2.45) is 11.8 Å². The first-order valence-electron chi connectivity index (χ1n) is 8.38. The summed E-state index contributed by atoms with van der Waals surface area (Å²) in [6.45, 7) is 7.03. The van der Waals surface area contributed by atoms with E-state index in [-0.39, 0.29) is 5.82 Å². The summed E-state index contributed by atoms with van der Waals surface area (Å²) in [5.74, 6) is 1.54. The maximum absolute atomic E-state index is 14.5. The Balaban J connectivity index is 1.68. The molecule has 2 aliphatic rings. The van der Waals surface area contributed by atoms with E-state index in [9.17, 15) is 4.39 Å². The summed E-state index contributed by atoms with van der Waals surface area (Å²) in [7, 11) is 0. The molecule has 0 aliphatic heterocycles. The van der Waals surface area contributed by atoms with E-state index in [0.29, 0.717) is 6.04 Å². The van der Waals surface area contributed by atoms with Crippen LogP contribution in [0.15, 0.2) is 18.2 Å². The lowest BCUT2D eigenvalue weighted by Gasteiger charge is -2.25. The Hall–Kier alpha value is -1.09. The molecule has 0 radical (unpaired) electrons. The fourth-order valence-corrected chi connectivity index (χ4v) is 2.73. The minimum absolute atomic E-state index is 0.0562. The number of halogens is 1. The average Bonchev–Trinajstić information content (AvgIpc) is 3.31. The lowest BCUT2D eigenvalue weighted by molar-refractivity contribution is 0.577. The van der Waals surface area contributed by atoms with Crippen molar-refractivity contribution in [2.45, 2.75) is 52.1 Å². The van der Waals surface area contributed by atoms with Crippen LogP contribution in [0.4, 0.5) is 10.1 Å². The molecule has 0 heterocycles. The standard InChI is InChI=1S/C18H27FN2/c1-13(2)20-10-16-7-8-18(17(19)9-16)21(11-14-3-4-14)12-15-5-6-15/h7-9,13-15,20H,3-6,10-12H2,1-2H3. The summed E-state index contributed by atoms with van der Waals surface area (Å²) in [4.78, 5) is 2.30. The molecule has 21 heavy (non-hydrogen) atoms. The molecule has 2 aliphatic carbocycles. The number of nitrogens with zero attached hydrogens (tertiary/aromatic N) is 1. The summed E-state index contributed by atoms with van der Waals surface area (Å²) < 4.78 is 14.5. The largest absolute Gasteiger partial charge is 0.369 e. The van der Waals surface area contributed by atoms with Crippen LogP contribution in [0.3, 0.4) is 0 Å². The molecule has 0 unspecified atom stereocenters. The summed E-state index contributed by atoms with van der Waals surface area (Å²) in [5.41, 5.74) is 1.84. The van der Waals surface area contributed by atoms with Gasteiger partial charge in [-0.2, -0.15) is 0 Å². The second kappa shape index (κ2) is 6.35. The van der Waals surface area contributed by atoms with Gasteiger partial charge in [0, 0.05) is 25.7 Å². The fourth-order valence-electron chi connectivity index (χ4n) is 2.73. The van der Waals surface area contributed by atoms with Crippen LogP contribution in [0.5, 0.6) is 0 Å². The normalized spacial score (nSPS) is 18.3. The molecule has 3 rings (SSSR count). The van der Waals surface area contributed by atoms with Gasteiger partial charge in [-0.3, -0.25) is 0 Å². The first-order chi connectivity index (χ1) is 10.1. The van der Waals surface area contributed by atoms with Crippen LogP contribution in [0.2, 0.25) is 0 Å². The highest BCUT2D eigenvalue weighted by molar-refractivity contribution is 5.49. The van der Waals surface area contributed by atoms with Crippen molar-refractivity contribution < 1.29 is 4.39 Å². The zero-order chi connectivity index (χ0) is 14.8. The third-order valence-electron chi connectivity index (χ3n) is 4.42. The Morgan fingerprint density at radius 1 is 1.14 bits per heavy atom. The van der Waals surface area contributed by atoms with Crippen molar-refractivity contribution in [3.63, 3.8) is 0 Å². The highest BCUT2D eigenvalue weighted by Gasteiger charge is 2.30. The predicted molar refractivity (Wildman–Crippen MR) is 86.0 cm³/mol. The van der Waals surface area contributed by atoms with E-state index in [0.717, 1.165) is 42.7 Å². The molecule has 0 spiro atoms. The van der Waals surface area contributed by atoms with Crippen LogP contribution in [-0.2, 0) is 6.54 Å². The monoisotopic (exact) mass is 290 g/mol. The Morgan fingerprint density at radius 3 is 2.24 bits per heavy atom. The Morgan fingerprint density at radius 2 is 1.76 bits per heavy atom. The Bertz CT molecular complexity index is 464. The Kier molecular flexibility index (Phi) is 4.48. The number of benzene rings is 1. The van der Waals surface area contributed by atoms with Gasteiger partial charge in [-0.25, -0.2) is 4.39 Å². The minimum atomic E-state index is -0.0562. The van der Waals surface area contributed by atoms with Gasteiger partial charge in [-0.15, -0.1) is 0 Å². The van der Waals surface area contributed by atoms with Gasteiger partial charge in [-0.05, 0) is 55.2 Å². The topological polar surface area (TPSA) is 15.3 Å². The summed E-state index contributed by atoms with van der Waals surface area (Å²) in [5, 5.41) is 3.34. The molecule has 0 bridgehead atoms. The van der Waals surface area contributed by atoms with Crippen LogP contribution >= 0.6 is 0 Å². The molecule has 1 aromatic carbocycles. The number of hydrogen-bond acceptors (Lipinski definition) is 2. The number of rotatable bonds is 8. The van der Waals surface area contributed by atoms with E-state index in [2.05, 4.69) is 30.1 Å². The van der Waals surface area contributed by atoms with Crippen molar-refractivity contribution in [3.05, 3.63) is 29.6 Å². The predicted octanol–water partition coefficient (Wildman–Crippen LogP) is 3.95. The number of anilines is 1. The maximum atomic E-state index is 14.5. The van der Waals surface area contributed by atoms with Gasteiger partial charge in [-0.1, -0.05) is 19.9 Å².